The summed E-state index contributed by atoms with van der Waals surface area (Å²) in [6.07, 6.45) is 21.5. The van der Waals surface area contributed by atoms with Crippen molar-refractivity contribution in [3.8, 4) is 0 Å². The van der Waals surface area contributed by atoms with Gasteiger partial charge in [-0.25, -0.2) is 0 Å². The normalized spacial score (nSPS) is 30.5. The summed E-state index contributed by atoms with van der Waals surface area (Å²) in [6.45, 7) is 6.26. The van der Waals surface area contributed by atoms with Gasteiger partial charge in [0, 0.05) is 0 Å². The Labute approximate surface area is 157 Å². The topological polar surface area (TPSA) is 18.5 Å². The molecule has 0 aromatic carbocycles. The van der Waals surface area contributed by atoms with E-state index in [4.69, 9.17) is 9.47 Å². The Hall–Kier alpha value is -0.0800. The van der Waals surface area contributed by atoms with E-state index in [9.17, 15) is 0 Å². The fourth-order valence-corrected chi connectivity index (χ4v) is 4.68. The lowest BCUT2D eigenvalue weighted by Gasteiger charge is -2.38. The predicted molar refractivity (Wildman–Crippen MR) is 107 cm³/mol. The highest BCUT2D eigenvalue weighted by Crippen LogP contribution is 2.35. The highest BCUT2D eigenvalue weighted by Gasteiger charge is 2.31. The maximum atomic E-state index is 6.22. The molecule has 1 heterocycles. The summed E-state index contributed by atoms with van der Waals surface area (Å²) >= 11 is 0. The van der Waals surface area contributed by atoms with Crippen LogP contribution in [0, 0.1) is 11.8 Å². The average molecular weight is 353 g/mol. The maximum Gasteiger partial charge on any atom is 0.0838 e. The molecule has 2 rings (SSSR count). The number of hydrogen-bond acceptors (Lipinski definition) is 2. The fourth-order valence-electron chi connectivity index (χ4n) is 4.68. The first-order valence-corrected chi connectivity index (χ1v) is 11.6. The zero-order valence-electron chi connectivity index (χ0n) is 17.1. The Morgan fingerprint density at radius 2 is 1.28 bits per heavy atom. The van der Waals surface area contributed by atoms with Crippen LogP contribution in [0.4, 0.5) is 0 Å². The van der Waals surface area contributed by atoms with Crippen molar-refractivity contribution in [2.45, 2.75) is 122 Å². The van der Waals surface area contributed by atoms with Crippen molar-refractivity contribution in [1.82, 2.24) is 0 Å². The van der Waals surface area contributed by atoms with E-state index in [0.29, 0.717) is 12.2 Å². The minimum Gasteiger partial charge on any atom is -0.373 e. The molecule has 148 valence electrons. The third-order valence-electron chi connectivity index (χ3n) is 6.51. The highest BCUT2D eigenvalue weighted by molar-refractivity contribution is 4.81. The molecule has 1 saturated heterocycles. The van der Waals surface area contributed by atoms with Crippen LogP contribution >= 0.6 is 0 Å². The number of rotatable bonds is 12. The van der Waals surface area contributed by atoms with E-state index >= 15 is 0 Å². The molecular weight excluding hydrogens is 308 g/mol. The van der Waals surface area contributed by atoms with Crippen molar-refractivity contribution >= 4 is 0 Å². The third kappa shape index (κ3) is 8.43. The Balaban J connectivity index is 1.52. The lowest BCUT2D eigenvalue weighted by atomic mass is 9.77. The molecule has 0 amide bonds. The van der Waals surface area contributed by atoms with Crippen LogP contribution in [-0.4, -0.2) is 25.4 Å². The second kappa shape index (κ2) is 13.1. The van der Waals surface area contributed by atoms with Gasteiger partial charge in [-0.05, 0) is 31.1 Å². The molecule has 1 aliphatic carbocycles. The molecule has 2 heteroatoms. The van der Waals surface area contributed by atoms with Gasteiger partial charge >= 0.3 is 0 Å². The van der Waals surface area contributed by atoms with Crippen molar-refractivity contribution < 1.29 is 9.47 Å². The van der Waals surface area contributed by atoms with Crippen molar-refractivity contribution in [3.05, 3.63) is 0 Å². The molecule has 25 heavy (non-hydrogen) atoms. The Kier molecular flexibility index (Phi) is 11.2. The van der Waals surface area contributed by atoms with Crippen LogP contribution in [0.5, 0.6) is 0 Å². The van der Waals surface area contributed by atoms with Crippen LogP contribution in [0.1, 0.15) is 110 Å². The summed E-state index contributed by atoms with van der Waals surface area (Å²) in [5.74, 6) is 1.76. The summed E-state index contributed by atoms with van der Waals surface area (Å²) in [6, 6.07) is 0. The van der Waals surface area contributed by atoms with Gasteiger partial charge in [-0.15, -0.1) is 0 Å². The lowest BCUT2D eigenvalue weighted by molar-refractivity contribution is -0.157. The molecule has 2 nitrogen and oxygen atoms in total. The van der Waals surface area contributed by atoms with E-state index in [1.165, 1.54) is 96.3 Å². The quantitative estimate of drug-likeness (QED) is 0.355. The molecule has 0 aromatic rings. The van der Waals surface area contributed by atoms with Crippen molar-refractivity contribution in [1.29, 1.82) is 0 Å². The van der Waals surface area contributed by atoms with Crippen LogP contribution < -0.4 is 0 Å². The van der Waals surface area contributed by atoms with Gasteiger partial charge in [-0.1, -0.05) is 90.9 Å². The van der Waals surface area contributed by atoms with E-state index in [0.717, 1.165) is 25.0 Å². The van der Waals surface area contributed by atoms with E-state index in [2.05, 4.69) is 13.8 Å². The molecule has 0 spiro atoms. The number of hydrogen-bond donors (Lipinski definition) is 0. The molecule has 1 saturated carbocycles. The van der Waals surface area contributed by atoms with Crippen molar-refractivity contribution in [2.24, 2.45) is 11.8 Å². The Morgan fingerprint density at radius 1 is 0.640 bits per heavy atom. The van der Waals surface area contributed by atoms with Crippen LogP contribution in [0.25, 0.3) is 0 Å². The largest absolute Gasteiger partial charge is 0.373 e. The van der Waals surface area contributed by atoms with Gasteiger partial charge < -0.3 is 9.47 Å². The van der Waals surface area contributed by atoms with Gasteiger partial charge in [-0.2, -0.15) is 0 Å². The predicted octanol–water partition coefficient (Wildman–Crippen LogP) is 6.91. The summed E-state index contributed by atoms with van der Waals surface area (Å²) in [5, 5.41) is 0. The second-order valence-electron chi connectivity index (χ2n) is 8.66. The molecule has 2 atom stereocenters. The number of ether oxygens (including phenoxy) is 2. The maximum absolute atomic E-state index is 6.22. The molecule has 0 N–H and O–H groups in total. The smallest absolute Gasteiger partial charge is 0.0838 e. The molecule has 0 bridgehead atoms. The first-order chi connectivity index (χ1) is 12.3. The Bertz CT molecular complexity index is 301. The van der Waals surface area contributed by atoms with Crippen LogP contribution in [-0.2, 0) is 9.47 Å². The minimum atomic E-state index is 0.368. The van der Waals surface area contributed by atoms with Gasteiger partial charge in [0.2, 0.25) is 0 Å². The van der Waals surface area contributed by atoms with Crippen LogP contribution in [0.15, 0.2) is 0 Å². The SMILES string of the molecule is CCCCCCCC1CCC(C2COC(CCCCCC)CO2)CC1. The van der Waals surface area contributed by atoms with Gasteiger partial charge in [-0.3, -0.25) is 0 Å². The Morgan fingerprint density at radius 3 is 1.92 bits per heavy atom. The van der Waals surface area contributed by atoms with E-state index in [1.54, 1.807) is 0 Å². The van der Waals surface area contributed by atoms with E-state index in [-0.39, 0.29) is 0 Å². The summed E-state index contributed by atoms with van der Waals surface area (Å²) in [4.78, 5) is 0. The standard InChI is InChI=1S/C23H44O2/c1-3-5-7-9-10-12-20-14-16-21(17-15-20)23-19-24-22(18-25-23)13-11-8-6-4-2/h20-23H,3-19H2,1-2H3. The summed E-state index contributed by atoms with van der Waals surface area (Å²) in [7, 11) is 0. The highest BCUT2D eigenvalue weighted by atomic mass is 16.6. The van der Waals surface area contributed by atoms with Gasteiger partial charge in [0.15, 0.2) is 0 Å². The van der Waals surface area contributed by atoms with Crippen molar-refractivity contribution in [3.63, 3.8) is 0 Å². The first kappa shape index (κ1) is 21.2. The second-order valence-corrected chi connectivity index (χ2v) is 8.66. The summed E-state index contributed by atoms with van der Waals surface area (Å²) in [5.41, 5.74) is 0. The van der Waals surface area contributed by atoms with Gasteiger partial charge in [0.25, 0.3) is 0 Å². The minimum absolute atomic E-state index is 0.368. The first-order valence-electron chi connectivity index (χ1n) is 11.6. The molecule has 0 aromatic heterocycles. The number of unbranched alkanes of at least 4 members (excludes halogenated alkanes) is 7. The van der Waals surface area contributed by atoms with E-state index < -0.39 is 0 Å². The lowest BCUT2D eigenvalue weighted by Crippen LogP contribution is -2.41. The molecule has 2 unspecified atom stereocenters. The van der Waals surface area contributed by atoms with Gasteiger partial charge in [0.05, 0.1) is 25.4 Å². The third-order valence-corrected chi connectivity index (χ3v) is 6.51. The monoisotopic (exact) mass is 352 g/mol. The fraction of sp³-hybridized carbons (Fsp3) is 1.00. The molecule has 0 radical (unpaired) electrons. The molecule has 2 fully saturated rings. The van der Waals surface area contributed by atoms with Crippen LogP contribution in [0.2, 0.25) is 0 Å². The zero-order valence-corrected chi connectivity index (χ0v) is 17.1. The molecule has 2 aliphatic rings. The molecule has 1 aliphatic heterocycles. The average Bonchev–Trinajstić information content (AvgIpc) is 2.66. The summed E-state index contributed by atoms with van der Waals surface area (Å²) < 4.78 is 12.4. The van der Waals surface area contributed by atoms with E-state index in [1.807, 2.05) is 0 Å². The zero-order chi connectivity index (χ0) is 17.7. The molecular formula is C23H44O2. The van der Waals surface area contributed by atoms with Crippen LogP contribution in [0.3, 0.4) is 0 Å². The van der Waals surface area contributed by atoms with Gasteiger partial charge in [0.1, 0.15) is 0 Å². The van der Waals surface area contributed by atoms with Crippen molar-refractivity contribution in [2.75, 3.05) is 13.2 Å².